The van der Waals surface area contributed by atoms with Crippen LogP contribution >= 0.6 is 0 Å². The first kappa shape index (κ1) is 14.2. The highest BCUT2D eigenvalue weighted by molar-refractivity contribution is 6.83. The van der Waals surface area contributed by atoms with Crippen LogP contribution in [0.4, 0.5) is 0 Å². The van der Waals surface area contributed by atoms with Crippen LogP contribution in [-0.4, -0.2) is 21.0 Å². The summed E-state index contributed by atoms with van der Waals surface area (Å²) in [7, 11) is -1.36. The summed E-state index contributed by atoms with van der Waals surface area (Å²) in [6, 6.07) is 7.98. The molecule has 1 saturated heterocycles. The number of para-hydroxylation sites is 1. The van der Waals surface area contributed by atoms with E-state index in [4.69, 9.17) is 9.47 Å². The van der Waals surface area contributed by atoms with Crippen LogP contribution in [0.25, 0.3) is 0 Å². The second-order valence-electron chi connectivity index (χ2n) is 5.91. The Morgan fingerprint density at radius 1 is 1.21 bits per heavy atom. The highest BCUT2D eigenvalue weighted by atomic mass is 28.3. The molecule has 1 fully saturated rings. The monoisotopic (exact) mass is 274 g/mol. The quantitative estimate of drug-likeness (QED) is 0.603. The van der Waals surface area contributed by atoms with Crippen molar-refractivity contribution < 1.29 is 9.47 Å². The molecule has 19 heavy (non-hydrogen) atoms. The molecule has 0 N–H and O–H groups in total. The Hall–Kier alpha value is -1.24. The Morgan fingerprint density at radius 3 is 2.68 bits per heavy atom. The highest BCUT2D eigenvalue weighted by Crippen LogP contribution is 2.22. The normalized spacial score (nSPS) is 19.4. The molecule has 102 valence electrons. The molecule has 1 atom stereocenters. The molecule has 0 saturated carbocycles. The van der Waals surface area contributed by atoms with Crippen LogP contribution < -0.4 is 4.74 Å². The molecule has 2 rings (SSSR count). The maximum Gasteiger partial charge on any atom is 0.199 e. The van der Waals surface area contributed by atoms with Crippen LogP contribution in [0.2, 0.25) is 19.6 Å². The highest BCUT2D eigenvalue weighted by Gasteiger charge is 2.16. The van der Waals surface area contributed by atoms with Gasteiger partial charge in [-0.1, -0.05) is 37.7 Å². The Balaban J connectivity index is 2.13. The van der Waals surface area contributed by atoms with Crippen LogP contribution in [0.3, 0.4) is 0 Å². The van der Waals surface area contributed by atoms with E-state index in [1.165, 1.54) is 6.42 Å². The van der Waals surface area contributed by atoms with Gasteiger partial charge in [0.25, 0.3) is 0 Å². The Bertz CT molecular complexity index is 474. The maximum atomic E-state index is 5.94. The summed E-state index contributed by atoms with van der Waals surface area (Å²) >= 11 is 0. The molecule has 0 unspecified atom stereocenters. The van der Waals surface area contributed by atoms with E-state index in [-0.39, 0.29) is 6.29 Å². The second-order valence-corrected chi connectivity index (χ2v) is 10.7. The van der Waals surface area contributed by atoms with Gasteiger partial charge in [-0.05, 0) is 25.0 Å². The number of benzene rings is 1. The molecule has 1 aliphatic heterocycles. The third-order valence-electron chi connectivity index (χ3n) is 2.86. The molecule has 0 aliphatic carbocycles. The van der Waals surface area contributed by atoms with Crippen LogP contribution in [0.1, 0.15) is 24.8 Å². The van der Waals surface area contributed by atoms with Gasteiger partial charge in [-0.2, -0.15) is 0 Å². The summed E-state index contributed by atoms with van der Waals surface area (Å²) in [5.41, 5.74) is 4.36. The Kier molecular flexibility index (Phi) is 4.68. The minimum Gasteiger partial charge on any atom is -0.464 e. The number of hydrogen-bond acceptors (Lipinski definition) is 2. The van der Waals surface area contributed by atoms with E-state index in [1.807, 2.05) is 24.3 Å². The van der Waals surface area contributed by atoms with Crippen LogP contribution in [-0.2, 0) is 4.74 Å². The van der Waals surface area contributed by atoms with Gasteiger partial charge in [0.15, 0.2) is 6.29 Å². The molecule has 0 spiro atoms. The number of hydrogen-bond donors (Lipinski definition) is 0. The molecular formula is C16H22O2Si. The molecule has 1 heterocycles. The molecule has 1 aromatic rings. The zero-order valence-electron chi connectivity index (χ0n) is 12.0. The van der Waals surface area contributed by atoms with Crippen LogP contribution in [0.5, 0.6) is 5.75 Å². The maximum absolute atomic E-state index is 5.94. The first-order valence-corrected chi connectivity index (χ1v) is 10.4. The van der Waals surface area contributed by atoms with E-state index in [2.05, 4.69) is 31.1 Å². The van der Waals surface area contributed by atoms with E-state index in [0.29, 0.717) is 0 Å². The minimum absolute atomic E-state index is 0.108. The topological polar surface area (TPSA) is 18.5 Å². The fourth-order valence-corrected chi connectivity index (χ4v) is 2.38. The Labute approximate surface area is 117 Å². The van der Waals surface area contributed by atoms with E-state index < -0.39 is 8.07 Å². The zero-order chi connectivity index (χ0) is 13.7. The number of ether oxygens (including phenoxy) is 2. The average molecular weight is 274 g/mol. The van der Waals surface area contributed by atoms with Crippen molar-refractivity contribution in [1.82, 2.24) is 0 Å². The lowest BCUT2D eigenvalue weighted by molar-refractivity contribution is -0.106. The second kappa shape index (κ2) is 6.27. The van der Waals surface area contributed by atoms with Gasteiger partial charge in [0, 0.05) is 6.42 Å². The largest absolute Gasteiger partial charge is 0.464 e. The smallest absolute Gasteiger partial charge is 0.199 e. The van der Waals surface area contributed by atoms with Gasteiger partial charge in [-0.25, -0.2) is 0 Å². The van der Waals surface area contributed by atoms with Crippen molar-refractivity contribution in [2.45, 2.75) is 45.2 Å². The Morgan fingerprint density at radius 2 is 2.00 bits per heavy atom. The van der Waals surface area contributed by atoms with Crippen molar-refractivity contribution in [3.05, 3.63) is 29.8 Å². The standard InChI is InChI=1S/C16H22O2Si/c1-19(2,3)13-11-14-8-4-5-9-15(14)18-16-10-6-7-12-17-16/h4-5,8-9,16H,6-7,10,12H2,1-3H3/t16-/m1/s1. The fraction of sp³-hybridized carbons (Fsp3) is 0.500. The van der Waals surface area contributed by atoms with Gasteiger partial charge in [0.1, 0.15) is 13.8 Å². The van der Waals surface area contributed by atoms with Gasteiger partial charge in [-0.15, -0.1) is 5.54 Å². The van der Waals surface area contributed by atoms with Crippen molar-refractivity contribution in [3.8, 4) is 17.2 Å². The molecule has 3 heteroatoms. The molecule has 0 bridgehead atoms. The first-order chi connectivity index (χ1) is 9.04. The minimum atomic E-state index is -1.36. The van der Waals surface area contributed by atoms with Crippen molar-refractivity contribution in [1.29, 1.82) is 0 Å². The first-order valence-electron chi connectivity index (χ1n) is 6.95. The molecule has 1 aliphatic rings. The van der Waals surface area contributed by atoms with Crippen molar-refractivity contribution >= 4 is 8.07 Å². The molecule has 1 aromatic carbocycles. The molecule has 2 nitrogen and oxygen atoms in total. The number of rotatable bonds is 2. The SMILES string of the molecule is C[Si](C)(C)C#Cc1ccccc1O[C@@H]1CCCCO1. The summed E-state index contributed by atoms with van der Waals surface area (Å²) < 4.78 is 11.6. The lowest BCUT2D eigenvalue weighted by atomic mass is 10.2. The predicted octanol–water partition coefficient (Wildman–Crippen LogP) is 3.82. The summed E-state index contributed by atoms with van der Waals surface area (Å²) in [6.45, 7) is 7.53. The molecule has 0 radical (unpaired) electrons. The van der Waals surface area contributed by atoms with Crippen LogP contribution in [0.15, 0.2) is 24.3 Å². The zero-order valence-corrected chi connectivity index (χ0v) is 13.0. The van der Waals surface area contributed by atoms with E-state index in [1.54, 1.807) is 0 Å². The van der Waals surface area contributed by atoms with Gasteiger partial charge < -0.3 is 9.47 Å². The van der Waals surface area contributed by atoms with Crippen molar-refractivity contribution in [2.24, 2.45) is 0 Å². The summed E-state index contributed by atoms with van der Waals surface area (Å²) in [6.07, 6.45) is 3.17. The summed E-state index contributed by atoms with van der Waals surface area (Å²) in [5.74, 6) is 4.12. The van der Waals surface area contributed by atoms with Crippen molar-refractivity contribution in [2.75, 3.05) is 6.61 Å². The summed E-state index contributed by atoms with van der Waals surface area (Å²) in [4.78, 5) is 0. The molecule has 0 aromatic heterocycles. The molecular weight excluding hydrogens is 252 g/mol. The van der Waals surface area contributed by atoms with Gasteiger partial charge in [-0.3, -0.25) is 0 Å². The fourth-order valence-electron chi connectivity index (χ4n) is 1.87. The van der Waals surface area contributed by atoms with Crippen molar-refractivity contribution in [3.63, 3.8) is 0 Å². The average Bonchev–Trinajstić information content (AvgIpc) is 2.38. The van der Waals surface area contributed by atoms with Gasteiger partial charge in [0.2, 0.25) is 0 Å². The van der Waals surface area contributed by atoms with E-state index in [9.17, 15) is 0 Å². The third-order valence-corrected chi connectivity index (χ3v) is 3.73. The van der Waals surface area contributed by atoms with E-state index >= 15 is 0 Å². The van der Waals surface area contributed by atoms with Gasteiger partial charge in [0.05, 0.1) is 12.2 Å². The lowest BCUT2D eigenvalue weighted by Crippen LogP contribution is -2.25. The van der Waals surface area contributed by atoms with E-state index in [0.717, 1.165) is 30.8 Å². The third kappa shape index (κ3) is 4.74. The molecule has 0 amide bonds. The van der Waals surface area contributed by atoms with Crippen LogP contribution in [0, 0.1) is 11.5 Å². The van der Waals surface area contributed by atoms with Gasteiger partial charge >= 0.3 is 0 Å². The predicted molar refractivity (Wildman–Crippen MR) is 80.9 cm³/mol. The lowest BCUT2D eigenvalue weighted by Gasteiger charge is -2.24. The summed E-state index contributed by atoms with van der Waals surface area (Å²) in [5, 5.41) is 0.